The molecule has 38 valence electrons. The van der Waals surface area contributed by atoms with E-state index in [1.165, 1.54) is 0 Å². The van der Waals surface area contributed by atoms with E-state index in [0.29, 0.717) is 0 Å². The molecule has 1 heterocycles. The van der Waals surface area contributed by atoms with E-state index in [2.05, 4.69) is 28.9 Å². The molecule has 1 rings (SSSR count). The third-order valence-electron chi connectivity index (χ3n) is 0.490. The molecule has 0 saturated carbocycles. The number of nitrogens with one attached hydrogen (secondary N) is 2. The highest BCUT2D eigenvalue weighted by Gasteiger charge is 1.85. The highest BCUT2D eigenvalue weighted by Crippen LogP contribution is 1.75. The van der Waals surface area contributed by atoms with Crippen LogP contribution >= 0.6 is 0 Å². The van der Waals surface area contributed by atoms with E-state index < -0.39 is 0 Å². The minimum Gasteiger partial charge on any atom is -0.359 e. The molecular weight excluding hydrogens is 112 g/mol. The molecule has 0 amide bonds. The van der Waals surface area contributed by atoms with Crippen LogP contribution in [0.25, 0.3) is 0 Å². The minimum atomic E-state index is 1.15. The van der Waals surface area contributed by atoms with Crippen molar-refractivity contribution in [1.29, 1.82) is 0 Å². The van der Waals surface area contributed by atoms with Gasteiger partial charge in [0.15, 0.2) is 0 Å². The number of hydrogen-bond acceptors (Lipinski definition) is 4. The molecule has 2 N–H and O–H groups in total. The average Bonchev–Trinajstić information content (AvgIpc) is 1.69. The smallest absolute Gasteiger partial charge is 0.113 e. The van der Waals surface area contributed by atoms with Crippen molar-refractivity contribution in [2.45, 2.75) is 0 Å². The topological polar surface area (TPSA) is 39.4 Å². The summed E-state index contributed by atoms with van der Waals surface area (Å²) in [7, 11) is 0. The number of hydrogen-bond donors (Lipinski definition) is 2. The van der Waals surface area contributed by atoms with E-state index in [9.17, 15) is 0 Å². The monoisotopic (exact) mass is 116 g/mol. The lowest BCUT2D eigenvalue weighted by molar-refractivity contribution is -0.500. The Balaban J connectivity index is 2.57. The van der Waals surface area contributed by atoms with Crippen molar-refractivity contribution < 1.29 is 4.21 Å². The summed E-state index contributed by atoms with van der Waals surface area (Å²) in [5.74, 6) is 0. The summed E-state index contributed by atoms with van der Waals surface area (Å²) in [5.41, 5.74) is 5.16. The van der Waals surface area contributed by atoms with E-state index in [1.54, 1.807) is 12.4 Å². The van der Waals surface area contributed by atoms with Crippen molar-refractivity contribution in [2.75, 3.05) is 0 Å². The van der Waals surface area contributed by atoms with Gasteiger partial charge in [-0.1, -0.05) is 9.75 Å². The highest BCUT2D eigenvalue weighted by atomic mass is 32.1. The lowest BCUT2D eigenvalue weighted by Crippen LogP contribution is -2.35. The molecule has 0 bridgehead atoms. The Kier molecular flexibility index (Phi) is 1.08. The van der Waals surface area contributed by atoms with Crippen LogP contribution < -0.4 is 11.0 Å². The van der Waals surface area contributed by atoms with Gasteiger partial charge in [-0.15, -0.1) is 0 Å². The van der Waals surface area contributed by atoms with Gasteiger partial charge in [-0.05, 0) is 0 Å². The van der Waals surface area contributed by atoms with Crippen LogP contribution in [-0.4, -0.2) is 4.21 Å². The second-order valence-corrected chi connectivity index (χ2v) is 1.31. The molecule has 0 radical (unpaired) electrons. The molecule has 0 aromatic carbocycles. The Morgan fingerprint density at radius 1 is 1.71 bits per heavy atom. The van der Waals surface area contributed by atoms with Crippen molar-refractivity contribution >= 4 is 12.8 Å². The molecule has 0 aromatic rings. The Labute approximate surface area is 46.4 Å². The van der Waals surface area contributed by atoms with Gasteiger partial charge in [0.2, 0.25) is 0 Å². The normalized spacial score (nSPS) is 16.9. The van der Waals surface area contributed by atoms with Gasteiger partial charge in [0.05, 0.1) is 0 Å². The maximum absolute atomic E-state index is 4.53. The molecule has 0 aromatic heterocycles. The fourth-order valence-corrected chi connectivity index (χ4v) is 0.360. The van der Waals surface area contributed by atoms with Gasteiger partial charge in [0, 0.05) is 11.3 Å². The van der Waals surface area contributed by atoms with Crippen LogP contribution in [0.4, 0.5) is 0 Å². The largest absolute Gasteiger partial charge is 0.359 e. The molecule has 0 saturated heterocycles. The zero-order valence-electron chi connectivity index (χ0n) is 3.46. The fourth-order valence-electron chi connectivity index (χ4n) is 0.253. The average molecular weight is 116 g/mol. The predicted molar refractivity (Wildman–Crippen MR) is 25.5 cm³/mol. The van der Waals surface area contributed by atoms with E-state index in [4.69, 9.17) is 0 Å². The van der Waals surface area contributed by atoms with E-state index >= 15 is 0 Å². The lowest BCUT2D eigenvalue weighted by atomic mass is 10.9. The summed E-state index contributed by atoms with van der Waals surface area (Å²) >= 11 is 4.53. The maximum atomic E-state index is 4.53. The minimum absolute atomic E-state index is 1.15. The lowest BCUT2D eigenvalue weighted by Gasteiger charge is -2.03. The number of nitrogens with zero attached hydrogens (tertiary/aromatic N) is 2. The van der Waals surface area contributed by atoms with E-state index in [0.717, 1.165) is 4.21 Å². The molecule has 4 nitrogen and oxygen atoms in total. The Morgan fingerprint density at radius 2 is 2.57 bits per heavy atom. The van der Waals surface area contributed by atoms with Gasteiger partial charge >= 0.3 is 0 Å². The quantitative estimate of drug-likeness (QED) is 0.328. The van der Waals surface area contributed by atoms with Crippen molar-refractivity contribution in [1.82, 2.24) is 11.0 Å². The first-order valence-electron chi connectivity index (χ1n) is 1.74. The van der Waals surface area contributed by atoms with Gasteiger partial charge < -0.3 is 12.8 Å². The third-order valence-corrected chi connectivity index (χ3v) is 0.675. The van der Waals surface area contributed by atoms with Crippen LogP contribution in [0, 0.1) is 0 Å². The molecule has 7 heavy (non-hydrogen) atoms. The standard InChI is InChI=1S/C2H4N4S/c7-6-4-2-1-3-5-6/h1-3H,(H,4,5). The number of rotatable bonds is 0. The molecule has 0 spiro atoms. The second-order valence-electron chi connectivity index (χ2n) is 0.960. The van der Waals surface area contributed by atoms with Gasteiger partial charge in [-0.2, -0.15) is 0 Å². The fraction of sp³-hybridized carbons (Fsp3) is 0. The van der Waals surface area contributed by atoms with Crippen molar-refractivity contribution in [3.8, 4) is 0 Å². The molecule has 0 fully saturated rings. The zero-order chi connectivity index (χ0) is 5.11. The molecule has 1 aliphatic rings. The summed E-state index contributed by atoms with van der Waals surface area (Å²) in [6, 6.07) is 0. The van der Waals surface area contributed by atoms with Crippen molar-refractivity contribution in [3.05, 3.63) is 12.4 Å². The molecule has 0 unspecified atom stereocenters. The van der Waals surface area contributed by atoms with Crippen LogP contribution in [0.2, 0.25) is 0 Å². The van der Waals surface area contributed by atoms with Crippen LogP contribution in [-0.2, 0) is 12.8 Å². The zero-order valence-corrected chi connectivity index (χ0v) is 4.27. The predicted octanol–water partition coefficient (Wildman–Crippen LogP) is -0.593. The Hall–Kier alpha value is -0.840. The van der Waals surface area contributed by atoms with E-state index in [1.807, 2.05) is 0 Å². The summed E-state index contributed by atoms with van der Waals surface area (Å²) in [6.45, 7) is 0. The molecule has 0 aliphatic carbocycles. The number of hydrazine groups is 2. The van der Waals surface area contributed by atoms with Crippen LogP contribution in [0.3, 0.4) is 0 Å². The van der Waals surface area contributed by atoms with Crippen molar-refractivity contribution in [2.24, 2.45) is 5.11 Å². The summed E-state index contributed by atoms with van der Waals surface area (Å²) < 4.78 is 1.15. The molecule has 0 atom stereocenters. The van der Waals surface area contributed by atoms with Crippen LogP contribution in [0.15, 0.2) is 17.5 Å². The van der Waals surface area contributed by atoms with Crippen LogP contribution in [0.5, 0.6) is 0 Å². The Bertz CT molecular complexity index is 117. The molecular formula is C2H4N4S. The van der Waals surface area contributed by atoms with Gasteiger partial charge in [-0.25, -0.2) is 0 Å². The SMILES string of the molecule is [S-][N+]1=NC=CNN1. The summed E-state index contributed by atoms with van der Waals surface area (Å²) in [6.07, 6.45) is 3.20. The first-order chi connectivity index (χ1) is 3.39. The Morgan fingerprint density at radius 3 is 2.86 bits per heavy atom. The molecule has 5 heteroatoms. The molecule has 1 aliphatic heterocycles. The third kappa shape index (κ3) is 1.01. The van der Waals surface area contributed by atoms with Gasteiger partial charge in [0.25, 0.3) is 0 Å². The maximum Gasteiger partial charge on any atom is 0.113 e. The summed E-state index contributed by atoms with van der Waals surface area (Å²) in [4.78, 5) is 0. The first-order valence-corrected chi connectivity index (χ1v) is 2.10. The van der Waals surface area contributed by atoms with Gasteiger partial charge in [-0.3, -0.25) is 5.43 Å². The van der Waals surface area contributed by atoms with E-state index in [-0.39, 0.29) is 0 Å². The van der Waals surface area contributed by atoms with Gasteiger partial charge in [0.1, 0.15) is 6.20 Å². The first kappa shape index (κ1) is 4.32. The summed E-state index contributed by atoms with van der Waals surface area (Å²) in [5, 5.41) is 3.62. The van der Waals surface area contributed by atoms with Crippen molar-refractivity contribution in [3.63, 3.8) is 0 Å². The van der Waals surface area contributed by atoms with Crippen LogP contribution in [0.1, 0.15) is 0 Å². The second kappa shape index (κ2) is 1.74. The highest BCUT2D eigenvalue weighted by molar-refractivity contribution is 7.51.